The summed E-state index contributed by atoms with van der Waals surface area (Å²) >= 11 is 6.29. The maximum atomic E-state index is 12.3. The highest BCUT2D eigenvalue weighted by molar-refractivity contribution is 8.26. The molecule has 0 radical (unpaired) electrons. The first-order valence-corrected chi connectivity index (χ1v) is 8.03. The summed E-state index contributed by atoms with van der Waals surface area (Å²) in [7, 11) is 3.90. The van der Waals surface area contributed by atoms with E-state index in [4.69, 9.17) is 23.1 Å². The van der Waals surface area contributed by atoms with E-state index in [1.807, 2.05) is 43.3 Å². The summed E-state index contributed by atoms with van der Waals surface area (Å²) in [6.45, 7) is -0.128. The van der Waals surface area contributed by atoms with E-state index in [1.165, 1.54) is 4.90 Å². The quantitative estimate of drug-likeness (QED) is 0.612. The third-order valence-electron chi connectivity index (χ3n) is 3.28. The van der Waals surface area contributed by atoms with E-state index in [9.17, 15) is 9.59 Å². The Kier molecular flexibility index (Phi) is 5.40. The molecule has 0 aromatic heterocycles. The lowest BCUT2D eigenvalue weighted by Crippen LogP contribution is -2.44. The van der Waals surface area contributed by atoms with Crippen molar-refractivity contribution in [3.63, 3.8) is 0 Å². The first kappa shape index (κ1) is 17.5. The highest BCUT2D eigenvalue weighted by Crippen LogP contribution is 2.32. The Bertz CT molecular complexity index is 671. The molecule has 3 N–H and O–H groups in total. The summed E-state index contributed by atoms with van der Waals surface area (Å²) in [5.74, 6) is -1.48. The molecule has 2 rings (SSSR count). The van der Waals surface area contributed by atoms with Crippen LogP contribution in [0.25, 0.3) is 6.08 Å². The molecule has 1 aliphatic heterocycles. The zero-order chi connectivity index (χ0) is 17.1. The van der Waals surface area contributed by atoms with E-state index >= 15 is 0 Å². The van der Waals surface area contributed by atoms with Crippen LogP contribution >= 0.6 is 24.0 Å². The number of aliphatic carboxylic acids is 1. The minimum absolute atomic E-state index is 0.128. The monoisotopic (exact) mass is 351 g/mol. The largest absolute Gasteiger partial charge is 0.480 e. The lowest BCUT2D eigenvalue weighted by molar-refractivity contribution is -0.139. The van der Waals surface area contributed by atoms with Crippen LogP contribution in [0.15, 0.2) is 29.2 Å². The predicted molar refractivity (Wildman–Crippen MR) is 96.3 cm³/mol. The Balaban J connectivity index is 2.16. The number of hydrogen-bond donors (Lipinski definition) is 2. The average Bonchev–Trinajstić information content (AvgIpc) is 2.75. The van der Waals surface area contributed by atoms with E-state index in [0.717, 1.165) is 23.0 Å². The van der Waals surface area contributed by atoms with Crippen molar-refractivity contribution >= 4 is 51.9 Å². The molecule has 1 fully saturated rings. The number of benzene rings is 1. The molecule has 0 aliphatic carbocycles. The maximum Gasteiger partial charge on any atom is 0.322 e. The molecule has 8 heteroatoms. The van der Waals surface area contributed by atoms with Crippen LogP contribution in [0.5, 0.6) is 0 Å². The molecule has 1 amide bonds. The number of carboxylic acids is 1. The van der Waals surface area contributed by atoms with Crippen molar-refractivity contribution in [2.24, 2.45) is 5.73 Å². The van der Waals surface area contributed by atoms with Gasteiger partial charge in [-0.2, -0.15) is 0 Å². The molecule has 23 heavy (non-hydrogen) atoms. The molecule has 1 saturated heterocycles. The lowest BCUT2D eigenvalue weighted by atomic mass is 10.2. The number of nitrogens with two attached hydrogens (primary N) is 1. The van der Waals surface area contributed by atoms with Crippen molar-refractivity contribution in [2.75, 3.05) is 25.5 Å². The van der Waals surface area contributed by atoms with Crippen molar-refractivity contribution < 1.29 is 14.7 Å². The molecule has 0 saturated carbocycles. The number of amides is 1. The Labute approximate surface area is 143 Å². The van der Waals surface area contributed by atoms with Gasteiger partial charge >= 0.3 is 5.97 Å². The third kappa shape index (κ3) is 4.10. The van der Waals surface area contributed by atoms with Crippen LogP contribution < -0.4 is 10.6 Å². The zero-order valence-corrected chi connectivity index (χ0v) is 14.4. The van der Waals surface area contributed by atoms with E-state index < -0.39 is 12.0 Å². The summed E-state index contributed by atoms with van der Waals surface area (Å²) in [6, 6.07) is 6.56. The number of thiocarbonyl (C=S) groups is 1. The molecular formula is C15H17N3O3S2. The zero-order valence-electron chi connectivity index (χ0n) is 12.7. The van der Waals surface area contributed by atoms with Gasteiger partial charge in [0.15, 0.2) is 0 Å². The van der Waals surface area contributed by atoms with Gasteiger partial charge in [0.25, 0.3) is 5.91 Å². The second kappa shape index (κ2) is 7.12. The van der Waals surface area contributed by atoms with Crippen LogP contribution in [0.1, 0.15) is 5.56 Å². The fourth-order valence-electron chi connectivity index (χ4n) is 1.95. The van der Waals surface area contributed by atoms with Gasteiger partial charge < -0.3 is 15.7 Å². The third-order valence-corrected chi connectivity index (χ3v) is 4.66. The standard InChI is InChI=1S/C15H17N3O3S2/c1-17(2)10-5-3-9(4-6-10)7-12-13(19)18(15(22)23-12)8-11(16)14(20)21/h3-7,11H,8,16H2,1-2H3,(H,20,21)/b12-7+/t11-/m0/s1. The molecule has 1 aromatic rings. The molecule has 0 unspecified atom stereocenters. The average molecular weight is 351 g/mol. The molecule has 1 atom stereocenters. The molecule has 1 aromatic carbocycles. The summed E-state index contributed by atoms with van der Waals surface area (Å²) in [5.41, 5.74) is 7.41. The van der Waals surface area contributed by atoms with Crippen LogP contribution in [0.4, 0.5) is 5.69 Å². The van der Waals surface area contributed by atoms with Gasteiger partial charge in [-0.1, -0.05) is 36.1 Å². The van der Waals surface area contributed by atoms with Gasteiger partial charge in [-0.3, -0.25) is 14.5 Å². The van der Waals surface area contributed by atoms with Gasteiger partial charge in [-0.05, 0) is 23.8 Å². The van der Waals surface area contributed by atoms with Crippen LogP contribution in [0.2, 0.25) is 0 Å². The topological polar surface area (TPSA) is 86.9 Å². The Hall–Kier alpha value is -1.90. The predicted octanol–water partition coefficient (Wildman–Crippen LogP) is 1.37. The Morgan fingerprint density at radius 1 is 1.43 bits per heavy atom. The first-order chi connectivity index (χ1) is 10.8. The SMILES string of the molecule is CN(C)c1ccc(/C=C2/SC(=S)N(C[C@H](N)C(=O)O)C2=O)cc1. The number of hydrogen-bond acceptors (Lipinski definition) is 6. The van der Waals surface area contributed by atoms with Crippen LogP contribution in [0.3, 0.4) is 0 Å². The van der Waals surface area contributed by atoms with Gasteiger partial charge in [0.05, 0.1) is 11.4 Å². The number of carbonyl (C=O) groups excluding carboxylic acids is 1. The minimum atomic E-state index is -1.16. The van der Waals surface area contributed by atoms with Gasteiger partial charge in [0, 0.05) is 19.8 Å². The maximum absolute atomic E-state index is 12.3. The second-order valence-electron chi connectivity index (χ2n) is 5.22. The summed E-state index contributed by atoms with van der Waals surface area (Å²) in [4.78, 5) is 26.9. The van der Waals surface area contributed by atoms with Crippen molar-refractivity contribution in [2.45, 2.75) is 6.04 Å². The van der Waals surface area contributed by atoms with E-state index in [0.29, 0.717) is 9.23 Å². The molecule has 6 nitrogen and oxygen atoms in total. The summed E-state index contributed by atoms with van der Waals surface area (Å²) < 4.78 is 0.322. The molecule has 122 valence electrons. The fourth-order valence-corrected chi connectivity index (χ4v) is 3.23. The van der Waals surface area contributed by atoms with E-state index in [2.05, 4.69) is 0 Å². The molecular weight excluding hydrogens is 334 g/mol. The van der Waals surface area contributed by atoms with Gasteiger partial charge in [0.2, 0.25) is 0 Å². The molecule has 0 spiro atoms. The number of nitrogens with zero attached hydrogens (tertiary/aromatic N) is 2. The smallest absolute Gasteiger partial charge is 0.322 e. The fraction of sp³-hybridized carbons (Fsp3) is 0.267. The normalized spacial score (nSPS) is 17.7. The van der Waals surface area contributed by atoms with E-state index in [1.54, 1.807) is 6.08 Å². The number of rotatable bonds is 5. The van der Waals surface area contributed by atoms with Crippen molar-refractivity contribution in [3.05, 3.63) is 34.7 Å². The number of carbonyl (C=O) groups is 2. The molecule has 1 heterocycles. The second-order valence-corrected chi connectivity index (χ2v) is 6.90. The highest BCUT2D eigenvalue weighted by Gasteiger charge is 2.34. The Morgan fingerprint density at radius 2 is 2.04 bits per heavy atom. The number of carboxylic acid groups (broad SMARTS) is 1. The van der Waals surface area contributed by atoms with Gasteiger partial charge in [-0.15, -0.1) is 0 Å². The molecule has 0 bridgehead atoms. The number of thioether (sulfide) groups is 1. The first-order valence-electron chi connectivity index (χ1n) is 6.80. The highest BCUT2D eigenvalue weighted by atomic mass is 32.2. The minimum Gasteiger partial charge on any atom is -0.480 e. The summed E-state index contributed by atoms with van der Waals surface area (Å²) in [5, 5.41) is 8.86. The van der Waals surface area contributed by atoms with Crippen molar-refractivity contribution in [1.82, 2.24) is 4.90 Å². The Morgan fingerprint density at radius 3 is 2.57 bits per heavy atom. The lowest BCUT2D eigenvalue weighted by Gasteiger charge is -2.16. The summed E-state index contributed by atoms with van der Waals surface area (Å²) in [6.07, 6.45) is 1.74. The number of anilines is 1. The van der Waals surface area contributed by atoms with Crippen molar-refractivity contribution in [3.8, 4) is 0 Å². The molecule has 1 aliphatic rings. The van der Waals surface area contributed by atoms with E-state index in [-0.39, 0.29) is 12.5 Å². The van der Waals surface area contributed by atoms with Crippen LogP contribution in [0, 0.1) is 0 Å². The van der Waals surface area contributed by atoms with Crippen LogP contribution in [-0.4, -0.2) is 52.9 Å². The van der Waals surface area contributed by atoms with Crippen molar-refractivity contribution in [1.29, 1.82) is 0 Å². The van der Waals surface area contributed by atoms with Gasteiger partial charge in [0.1, 0.15) is 10.4 Å². The van der Waals surface area contributed by atoms with Gasteiger partial charge in [-0.25, -0.2) is 0 Å². The van der Waals surface area contributed by atoms with Crippen LogP contribution in [-0.2, 0) is 9.59 Å².